The number of aromatic nitrogens is 2. The lowest BCUT2D eigenvalue weighted by Crippen LogP contribution is -2.09. The highest BCUT2D eigenvalue weighted by molar-refractivity contribution is 5.35. The molecule has 0 saturated carbocycles. The van der Waals surface area contributed by atoms with Gasteiger partial charge in [0.1, 0.15) is 5.82 Å². The van der Waals surface area contributed by atoms with Gasteiger partial charge in [0.2, 0.25) is 0 Å². The maximum Gasteiger partial charge on any atom is 0.106 e. The molecular formula is C14H16N2. The van der Waals surface area contributed by atoms with Crippen LogP contribution in [0.25, 0.3) is 0 Å². The van der Waals surface area contributed by atoms with Gasteiger partial charge in [0.25, 0.3) is 0 Å². The molecule has 2 atom stereocenters. The molecule has 0 fully saturated rings. The van der Waals surface area contributed by atoms with E-state index in [1.807, 2.05) is 12.4 Å². The Morgan fingerprint density at radius 3 is 3.00 bits per heavy atom. The van der Waals surface area contributed by atoms with Crippen molar-refractivity contribution >= 4 is 0 Å². The van der Waals surface area contributed by atoms with Gasteiger partial charge in [-0.2, -0.15) is 0 Å². The second kappa shape index (κ2) is 3.78. The Kier molecular flexibility index (Phi) is 2.28. The summed E-state index contributed by atoms with van der Waals surface area (Å²) in [7, 11) is 0. The topological polar surface area (TPSA) is 28.7 Å². The van der Waals surface area contributed by atoms with Crippen molar-refractivity contribution in [3.8, 4) is 0 Å². The molecule has 2 aromatic rings. The summed E-state index contributed by atoms with van der Waals surface area (Å²) < 4.78 is 0. The molecule has 2 heteroatoms. The molecule has 0 saturated heterocycles. The Balaban J connectivity index is 1.82. The predicted molar refractivity (Wildman–Crippen MR) is 64.3 cm³/mol. The number of nitrogens with one attached hydrogen (secondary N) is 1. The quantitative estimate of drug-likeness (QED) is 0.814. The van der Waals surface area contributed by atoms with Crippen LogP contribution in [0, 0.1) is 5.92 Å². The van der Waals surface area contributed by atoms with E-state index in [1.54, 1.807) is 0 Å². The van der Waals surface area contributed by atoms with E-state index in [0.717, 1.165) is 12.2 Å². The second-order valence-electron chi connectivity index (χ2n) is 4.69. The van der Waals surface area contributed by atoms with E-state index in [9.17, 15) is 0 Å². The number of fused-ring (bicyclic) bond motifs is 1. The highest BCUT2D eigenvalue weighted by Crippen LogP contribution is 2.38. The Morgan fingerprint density at radius 2 is 2.25 bits per heavy atom. The first-order chi connectivity index (χ1) is 7.84. The van der Waals surface area contributed by atoms with Gasteiger partial charge >= 0.3 is 0 Å². The molecule has 2 nitrogen and oxygen atoms in total. The highest BCUT2D eigenvalue weighted by atomic mass is 14.9. The van der Waals surface area contributed by atoms with Gasteiger partial charge in [-0.05, 0) is 29.4 Å². The third kappa shape index (κ3) is 1.54. The molecule has 1 N–H and O–H groups in total. The van der Waals surface area contributed by atoms with Crippen LogP contribution < -0.4 is 0 Å². The van der Waals surface area contributed by atoms with E-state index < -0.39 is 0 Å². The SMILES string of the molecule is CC1c2ccccc2CC1Cc1ncc[nH]1. The third-order valence-corrected chi connectivity index (χ3v) is 3.75. The lowest BCUT2D eigenvalue weighted by molar-refractivity contribution is 0.471. The van der Waals surface area contributed by atoms with Gasteiger partial charge in [0, 0.05) is 18.8 Å². The summed E-state index contributed by atoms with van der Waals surface area (Å²) in [6.07, 6.45) is 5.99. The maximum absolute atomic E-state index is 4.32. The Labute approximate surface area is 95.7 Å². The molecule has 1 aromatic heterocycles. The van der Waals surface area contributed by atoms with Crippen molar-refractivity contribution in [2.75, 3.05) is 0 Å². The van der Waals surface area contributed by atoms with E-state index >= 15 is 0 Å². The molecule has 2 unspecified atom stereocenters. The standard InChI is InChI=1S/C14H16N2/c1-10-12(9-14-15-6-7-16-14)8-11-4-2-3-5-13(10)11/h2-7,10,12H,8-9H2,1H3,(H,15,16). The fraction of sp³-hybridized carbons (Fsp3) is 0.357. The second-order valence-corrected chi connectivity index (χ2v) is 4.69. The van der Waals surface area contributed by atoms with Crippen molar-refractivity contribution in [1.29, 1.82) is 0 Å². The number of aromatic amines is 1. The summed E-state index contributed by atoms with van der Waals surface area (Å²) in [6, 6.07) is 8.81. The summed E-state index contributed by atoms with van der Waals surface area (Å²) >= 11 is 0. The molecule has 16 heavy (non-hydrogen) atoms. The number of hydrogen-bond acceptors (Lipinski definition) is 1. The van der Waals surface area contributed by atoms with Crippen molar-refractivity contribution in [1.82, 2.24) is 9.97 Å². The molecule has 3 rings (SSSR count). The molecule has 82 valence electrons. The van der Waals surface area contributed by atoms with Crippen LogP contribution in [0.15, 0.2) is 36.7 Å². The zero-order valence-corrected chi connectivity index (χ0v) is 9.48. The van der Waals surface area contributed by atoms with E-state index in [4.69, 9.17) is 0 Å². The Bertz CT molecular complexity index is 471. The van der Waals surface area contributed by atoms with E-state index in [-0.39, 0.29) is 0 Å². The van der Waals surface area contributed by atoms with Crippen LogP contribution in [0.4, 0.5) is 0 Å². The highest BCUT2D eigenvalue weighted by Gasteiger charge is 2.29. The van der Waals surface area contributed by atoms with Crippen LogP contribution in [-0.4, -0.2) is 9.97 Å². The summed E-state index contributed by atoms with van der Waals surface area (Å²) in [5.41, 5.74) is 3.05. The lowest BCUT2D eigenvalue weighted by atomic mass is 9.91. The molecule has 1 aliphatic carbocycles. The van der Waals surface area contributed by atoms with E-state index in [0.29, 0.717) is 11.8 Å². The van der Waals surface area contributed by atoms with Crippen molar-refractivity contribution in [3.63, 3.8) is 0 Å². The zero-order chi connectivity index (χ0) is 11.0. The fourth-order valence-electron chi connectivity index (χ4n) is 2.78. The number of hydrogen-bond donors (Lipinski definition) is 1. The minimum absolute atomic E-state index is 0.654. The lowest BCUT2D eigenvalue weighted by Gasteiger charge is -2.14. The Hall–Kier alpha value is -1.57. The third-order valence-electron chi connectivity index (χ3n) is 3.75. The largest absolute Gasteiger partial charge is 0.349 e. The summed E-state index contributed by atoms with van der Waals surface area (Å²) in [4.78, 5) is 7.52. The zero-order valence-electron chi connectivity index (χ0n) is 9.48. The van der Waals surface area contributed by atoms with Crippen molar-refractivity contribution in [2.24, 2.45) is 5.92 Å². The monoisotopic (exact) mass is 212 g/mol. The number of benzene rings is 1. The van der Waals surface area contributed by atoms with Gasteiger partial charge in [-0.25, -0.2) is 4.98 Å². The van der Waals surface area contributed by atoms with Gasteiger partial charge < -0.3 is 4.98 Å². The van der Waals surface area contributed by atoms with Crippen molar-refractivity contribution in [2.45, 2.75) is 25.7 Å². The van der Waals surface area contributed by atoms with Gasteiger partial charge in [-0.15, -0.1) is 0 Å². The molecule has 0 bridgehead atoms. The normalized spacial score (nSPS) is 23.3. The average molecular weight is 212 g/mol. The van der Waals surface area contributed by atoms with Crippen LogP contribution in [0.1, 0.15) is 29.8 Å². The fourth-order valence-corrected chi connectivity index (χ4v) is 2.78. The van der Waals surface area contributed by atoms with Crippen molar-refractivity contribution < 1.29 is 0 Å². The van der Waals surface area contributed by atoms with Crippen LogP contribution in [0.3, 0.4) is 0 Å². The van der Waals surface area contributed by atoms with Gasteiger partial charge in [0.15, 0.2) is 0 Å². The summed E-state index contributed by atoms with van der Waals surface area (Å²) in [5, 5.41) is 0. The summed E-state index contributed by atoms with van der Waals surface area (Å²) in [5.74, 6) is 2.47. The molecule has 0 radical (unpaired) electrons. The van der Waals surface area contributed by atoms with Crippen LogP contribution in [0.5, 0.6) is 0 Å². The van der Waals surface area contributed by atoms with Gasteiger partial charge in [-0.3, -0.25) is 0 Å². The maximum atomic E-state index is 4.32. The van der Waals surface area contributed by atoms with E-state index in [2.05, 4.69) is 41.2 Å². The molecular weight excluding hydrogens is 196 g/mol. The Morgan fingerprint density at radius 1 is 1.38 bits per heavy atom. The first-order valence-corrected chi connectivity index (χ1v) is 5.90. The molecule has 0 aliphatic heterocycles. The van der Waals surface area contributed by atoms with Gasteiger partial charge in [0.05, 0.1) is 0 Å². The number of rotatable bonds is 2. The van der Waals surface area contributed by atoms with Crippen molar-refractivity contribution in [3.05, 3.63) is 53.6 Å². The molecule has 0 amide bonds. The minimum Gasteiger partial charge on any atom is -0.349 e. The average Bonchev–Trinajstić information content (AvgIpc) is 2.90. The van der Waals surface area contributed by atoms with E-state index in [1.165, 1.54) is 17.5 Å². The summed E-state index contributed by atoms with van der Waals surface area (Å²) in [6.45, 7) is 2.33. The number of imidazole rings is 1. The molecule has 1 aliphatic rings. The molecule has 0 spiro atoms. The minimum atomic E-state index is 0.654. The number of nitrogens with zero attached hydrogens (tertiary/aromatic N) is 1. The predicted octanol–water partition coefficient (Wildman–Crippen LogP) is 2.93. The first-order valence-electron chi connectivity index (χ1n) is 5.90. The van der Waals surface area contributed by atoms with Gasteiger partial charge in [-0.1, -0.05) is 31.2 Å². The smallest absolute Gasteiger partial charge is 0.106 e. The van der Waals surface area contributed by atoms with Crippen LogP contribution in [-0.2, 0) is 12.8 Å². The number of H-pyrrole nitrogens is 1. The van der Waals surface area contributed by atoms with Crippen LogP contribution >= 0.6 is 0 Å². The first kappa shape index (κ1) is 9.64. The van der Waals surface area contributed by atoms with Crippen LogP contribution in [0.2, 0.25) is 0 Å². The molecule has 1 aromatic carbocycles. The molecule has 1 heterocycles.